The molecule has 0 amide bonds. The molecule has 2 aromatic heterocycles. The average molecular weight is 726 g/mol. The second-order valence-electron chi connectivity index (χ2n) is 14.7. The summed E-state index contributed by atoms with van der Waals surface area (Å²) < 4.78 is 6.50. The van der Waals surface area contributed by atoms with Crippen molar-refractivity contribution in [3.8, 4) is 45.3 Å². The number of rotatable bonds is 4. The molecule has 0 fully saturated rings. The number of hydrogen-bond donors (Lipinski definition) is 0. The Morgan fingerprint density at radius 1 is 0.281 bits per heavy atom. The highest BCUT2D eigenvalue weighted by Crippen LogP contribution is 2.43. The van der Waals surface area contributed by atoms with E-state index < -0.39 is 0 Å². The first-order valence-corrected chi connectivity index (χ1v) is 19.3. The molecular formula is C53H31N3O. The van der Waals surface area contributed by atoms with E-state index in [1.807, 2.05) is 0 Å². The van der Waals surface area contributed by atoms with E-state index in [-0.39, 0.29) is 0 Å². The Hall–Kier alpha value is -7.69. The molecule has 0 spiro atoms. The fraction of sp³-hybridized carbons (Fsp3) is 0. The van der Waals surface area contributed by atoms with Crippen molar-refractivity contribution in [2.45, 2.75) is 0 Å². The SMILES string of the molecule is c1ccc2cc(-c3nc(-c4ccc(-c5cccc6oc7cc8ccccc8cc7c56)c5ccccc45)nc(-c4cc5ccccc5c5ccccc45)n3)ccc2c1. The van der Waals surface area contributed by atoms with Crippen molar-refractivity contribution < 1.29 is 4.42 Å². The van der Waals surface area contributed by atoms with Crippen molar-refractivity contribution in [1.29, 1.82) is 0 Å². The lowest BCUT2D eigenvalue weighted by Crippen LogP contribution is -2.01. The highest BCUT2D eigenvalue weighted by atomic mass is 16.3. The molecule has 0 atom stereocenters. The van der Waals surface area contributed by atoms with Crippen molar-refractivity contribution in [2.24, 2.45) is 0 Å². The first kappa shape index (κ1) is 31.6. The van der Waals surface area contributed by atoms with Crippen LogP contribution in [0.4, 0.5) is 0 Å². The molecule has 0 unspecified atom stereocenters. The number of hydrogen-bond acceptors (Lipinski definition) is 4. The van der Waals surface area contributed by atoms with Gasteiger partial charge in [0.25, 0.3) is 0 Å². The molecular weight excluding hydrogens is 695 g/mol. The minimum Gasteiger partial charge on any atom is -0.456 e. The molecule has 264 valence electrons. The maximum absolute atomic E-state index is 6.50. The standard InChI is InChI=1S/C53H31N3O/c1-2-13-33-28-37(25-24-32(33)12-1)51-54-52(56-53(55-51)46-30-36-16-5-6-17-38(36)39-18-7-10-21-42(39)46)45-27-26-43(40-19-8-9-20-41(40)45)44-22-11-23-48-50(44)47-29-34-14-3-4-15-35(34)31-49(47)57-48/h1-31H. The van der Waals surface area contributed by atoms with Crippen LogP contribution in [0.15, 0.2) is 192 Å². The molecule has 0 saturated carbocycles. The quantitative estimate of drug-likeness (QED) is 0.170. The smallest absolute Gasteiger partial charge is 0.164 e. The van der Waals surface area contributed by atoms with Gasteiger partial charge in [0.15, 0.2) is 17.5 Å². The Morgan fingerprint density at radius 3 is 1.61 bits per heavy atom. The minimum absolute atomic E-state index is 0.626. The summed E-state index contributed by atoms with van der Waals surface area (Å²) in [7, 11) is 0. The van der Waals surface area contributed by atoms with Gasteiger partial charge in [-0.1, -0.05) is 152 Å². The Balaban J connectivity index is 1.11. The maximum Gasteiger partial charge on any atom is 0.164 e. The largest absolute Gasteiger partial charge is 0.456 e. The number of furan rings is 1. The number of nitrogens with zero attached hydrogens (tertiary/aromatic N) is 3. The summed E-state index contributed by atoms with van der Waals surface area (Å²) in [6, 6.07) is 66.3. The number of fused-ring (bicyclic) bond motifs is 9. The molecule has 12 rings (SSSR count). The molecule has 0 aliphatic heterocycles. The fourth-order valence-corrected chi connectivity index (χ4v) is 8.78. The van der Waals surface area contributed by atoms with Crippen LogP contribution >= 0.6 is 0 Å². The van der Waals surface area contributed by atoms with Crippen molar-refractivity contribution in [3.05, 3.63) is 188 Å². The van der Waals surface area contributed by atoms with E-state index in [1.54, 1.807) is 0 Å². The van der Waals surface area contributed by atoms with Crippen LogP contribution in [-0.4, -0.2) is 15.0 Å². The Kier molecular flexibility index (Phi) is 6.89. The summed E-state index contributed by atoms with van der Waals surface area (Å²) >= 11 is 0. The third-order valence-corrected chi connectivity index (χ3v) is 11.5. The lowest BCUT2D eigenvalue weighted by atomic mass is 9.92. The summed E-state index contributed by atoms with van der Waals surface area (Å²) in [5.41, 5.74) is 6.87. The second kappa shape index (κ2) is 12.4. The summed E-state index contributed by atoms with van der Waals surface area (Å²) in [6.07, 6.45) is 0. The monoisotopic (exact) mass is 725 g/mol. The van der Waals surface area contributed by atoms with E-state index in [1.165, 1.54) is 21.5 Å². The van der Waals surface area contributed by atoms with Gasteiger partial charge in [0.05, 0.1) is 0 Å². The summed E-state index contributed by atoms with van der Waals surface area (Å²) in [5, 5.41) is 13.7. The minimum atomic E-state index is 0.626. The molecule has 57 heavy (non-hydrogen) atoms. The Morgan fingerprint density at radius 2 is 0.842 bits per heavy atom. The third kappa shape index (κ3) is 5.04. The van der Waals surface area contributed by atoms with Gasteiger partial charge in [-0.05, 0) is 101 Å². The normalized spacial score (nSPS) is 11.9. The third-order valence-electron chi connectivity index (χ3n) is 11.5. The molecule has 0 aliphatic rings. The lowest BCUT2D eigenvalue weighted by Gasteiger charge is -2.15. The fourth-order valence-electron chi connectivity index (χ4n) is 8.78. The van der Waals surface area contributed by atoms with Crippen molar-refractivity contribution >= 4 is 75.8 Å². The molecule has 4 nitrogen and oxygen atoms in total. The van der Waals surface area contributed by atoms with Gasteiger partial charge in [0.1, 0.15) is 11.2 Å². The van der Waals surface area contributed by atoms with Gasteiger partial charge < -0.3 is 4.42 Å². The van der Waals surface area contributed by atoms with E-state index in [0.29, 0.717) is 17.5 Å². The highest BCUT2D eigenvalue weighted by Gasteiger charge is 2.20. The summed E-state index contributed by atoms with van der Waals surface area (Å²) in [4.78, 5) is 15.9. The van der Waals surface area contributed by atoms with Crippen LogP contribution in [0, 0.1) is 0 Å². The molecule has 2 heterocycles. The molecule has 0 saturated heterocycles. The predicted molar refractivity (Wildman–Crippen MR) is 236 cm³/mol. The van der Waals surface area contributed by atoms with Gasteiger partial charge >= 0.3 is 0 Å². The average Bonchev–Trinajstić information content (AvgIpc) is 3.65. The zero-order valence-corrected chi connectivity index (χ0v) is 30.6. The van der Waals surface area contributed by atoms with Crippen LogP contribution in [0.2, 0.25) is 0 Å². The van der Waals surface area contributed by atoms with Crippen LogP contribution in [0.5, 0.6) is 0 Å². The van der Waals surface area contributed by atoms with Gasteiger partial charge in [-0.2, -0.15) is 0 Å². The van der Waals surface area contributed by atoms with Gasteiger partial charge in [0, 0.05) is 27.5 Å². The van der Waals surface area contributed by atoms with Crippen molar-refractivity contribution in [2.75, 3.05) is 0 Å². The zero-order valence-electron chi connectivity index (χ0n) is 30.6. The van der Waals surface area contributed by atoms with Crippen LogP contribution in [-0.2, 0) is 0 Å². The first-order chi connectivity index (χ1) is 28.2. The highest BCUT2D eigenvalue weighted by molar-refractivity contribution is 6.19. The van der Waals surface area contributed by atoms with Crippen LogP contribution in [0.3, 0.4) is 0 Å². The zero-order chi connectivity index (χ0) is 37.5. The van der Waals surface area contributed by atoms with Crippen LogP contribution in [0.1, 0.15) is 0 Å². The van der Waals surface area contributed by atoms with Gasteiger partial charge in [-0.3, -0.25) is 0 Å². The molecule has 0 aliphatic carbocycles. The van der Waals surface area contributed by atoms with Gasteiger partial charge in [-0.25, -0.2) is 15.0 Å². The molecule has 0 radical (unpaired) electrons. The summed E-state index contributed by atoms with van der Waals surface area (Å²) in [6.45, 7) is 0. The Bertz CT molecular complexity index is 3600. The molecule has 4 heteroatoms. The first-order valence-electron chi connectivity index (χ1n) is 19.3. The van der Waals surface area contributed by atoms with Gasteiger partial charge in [-0.15, -0.1) is 0 Å². The topological polar surface area (TPSA) is 51.8 Å². The van der Waals surface area contributed by atoms with E-state index in [2.05, 4.69) is 188 Å². The van der Waals surface area contributed by atoms with E-state index >= 15 is 0 Å². The van der Waals surface area contributed by atoms with Crippen molar-refractivity contribution in [1.82, 2.24) is 15.0 Å². The van der Waals surface area contributed by atoms with Gasteiger partial charge in [0.2, 0.25) is 0 Å². The molecule has 10 aromatic carbocycles. The molecule has 0 bridgehead atoms. The second-order valence-corrected chi connectivity index (χ2v) is 14.7. The van der Waals surface area contributed by atoms with E-state index in [4.69, 9.17) is 19.4 Å². The lowest BCUT2D eigenvalue weighted by molar-refractivity contribution is 0.669. The van der Waals surface area contributed by atoms with E-state index in [9.17, 15) is 0 Å². The van der Waals surface area contributed by atoms with E-state index in [0.717, 1.165) is 82.1 Å². The van der Waals surface area contributed by atoms with Crippen LogP contribution < -0.4 is 0 Å². The number of benzene rings is 10. The molecule has 12 aromatic rings. The summed E-state index contributed by atoms with van der Waals surface area (Å²) in [5.74, 6) is 1.90. The number of aromatic nitrogens is 3. The maximum atomic E-state index is 6.50. The predicted octanol–water partition coefficient (Wildman–Crippen LogP) is 14.2. The molecule has 0 N–H and O–H groups in total. The van der Waals surface area contributed by atoms with Crippen molar-refractivity contribution in [3.63, 3.8) is 0 Å². The van der Waals surface area contributed by atoms with Crippen LogP contribution in [0.25, 0.3) is 121 Å². The Labute approximate surface area is 327 Å².